The highest BCUT2D eigenvalue weighted by Crippen LogP contribution is 2.24. The van der Waals surface area contributed by atoms with Gasteiger partial charge in [-0.25, -0.2) is 0 Å². The average molecular weight is 226 g/mol. The van der Waals surface area contributed by atoms with Crippen LogP contribution in [0.1, 0.15) is 40.5 Å². The predicted molar refractivity (Wildman–Crippen MR) is 71.7 cm³/mol. The molecule has 2 nitrogen and oxygen atoms in total. The molecule has 1 rings (SSSR count). The third kappa shape index (κ3) is 4.84. The molecule has 0 bridgehead atoms. The molecule has 1 aliphatic heterocycles. The first-order chi connectivity index (χ1) is 7.63. The molecule has 0 radical (unpaired) electrons. The fraction of sp³-hybridized carbons (Fsp3) is 1.00. The molecule has 1 N–H and O–H groups in total. The Morgan fingerprint density at radius 2 is 1.81 bits per heavy atom. The van der Waals surface area contributed by atoms with Crippen LogP contribution in [-0.2, 0) is 0 Å². The number of likely N-dealkylation sites (tertiary alicyclic amines) is 1. The van der Waals surface area contributed by atoms with Crippen molar-refractivity contribution < 1.29 is 0 Å². The summed E-state index contributed by atoms with van der Waals surface area (Å²) in [6.07, 6.45) is 2.80. The van der Waals surface area contributed by atoms with Crippen molar-refractivity contribution in [3.8, 4) is 0 Å². The smallest absolute Gasteiger partial charge is 0.000439 e. The summed E-state index contributed by atoms with van der Waals surface area (Å²) in [5.74, 6) is 2.61. The van der Waals surface area contributed by atoms with Crippen LogP contribution in [0.2, 0.25) is 0 Å². The molecule has 1 heterocycles. The number of nitrogens with zero attached hydrogens (tertiary/aromatic N) is 1. The maximum Gasteiger partial charge on any atom is 0.000439 e. The molecule has 0 aromatic carbocycles. The first-order valence-corrected chi connectivity index (χ1v) is 7.06. The van der Waals surface area contributed by atoms with Crippen molar-refractivity contribution >= 4 is 0 Å². The third-order valence-corrected chi connectivity index (χ3v) is 3.78. The quantitative estimate of drug-likeness (QED) is 0.749. The van der Waals surface area contributed by atoms with Gasteiger partial charge in [0.2, 0.25) is 0 Å². The molecule has 96 valence electrons. The zero-order chi connectivity index (χ0) is 12.0. The Morgan fingerprint density at radius 3 is 2.31 bits per heavy atom. The lowest BCUT2D eigenvalue weighted by Crippen LogP contribution is -2.39. The summed E-state index contributed by atoms with van der Waals surface area (Å²) < 4.78 is 0. The van der Waals surface area contributed by atoms with E-state index < -0.39 is 0 Å². The fourth-order valence-electron chi connectivity index (χ4n) is 2.76. The minimum absolute atomic E-state index is 0.815. The molecule has 16 heavy (non-hydrogen) atoms. The van der Waals surface area contributed by atoms with Crippen molar-refractivity contribution in [3.05, 3.63) is 0 Å². The van der Waals surface area contributed by atoms with E-state index in [1.165, 1.54) is 39.0 Å². The normalized spacial score (nSPS) is 21.6. The maximum absolute atomic E-state index is 3.48. The first-order valence-electron chi connectivity index (χ1n) is 7.06. The number of nitrogens with one attached hydrogen (secondary N) is 1. The second-order valence-corrected chi connectivity index (χ2v) is 5.82. The van der Waals surface area contributed by atoms with Crippen molar-refractivity contribution in [3.63, 3.8) is 0 Å². The van der Waals surface area contributed by atoms with E-state index in [2.05, 4.69) is 37.9 Å². The van der Waals surface area contributed by atoms with E-state index in [9.17, 15) is 0 Å². The van der Waals surface area contributed by atoms with Crippen LogP contribution < -0.4 is 5.32 Å². The van der Waals surface area contributed by atoms with Gasteiger partial charge in [-0.1, -0.05) is 27.7 Å². The maximum atomic E-state index is 3.48. The van der Waals surface area contributed by atoms with Crippen molar-refractivity contribution in [2.45, 2.75) is 40.5 Å². The van der Waals surface area contributed by atoms with Crippen molar-refractivity contribution in [1.82, 2.24) is 10.2 Å². The number of hydrogen-bond donors (Lipinski definition) is 1. The summed E-state index contributed by atoms with van der Waals surface area (Å²) in [5, 5.41) is 3.48. The molecule has 0 aromatic rings. The molecule has 0 aliphatic carbocycles. The second kappa shape index (κ2) is 7.29. The Bertz CT molecular complexity index is 172. The third-order valence-electron chi connectivity index (χ3n) is 3.78. The minimum Gasteiger partial charge on any atom is -0.317 e. The average Bonchev–Trinajstić information content (AvgIpc) is 2.26. The van der Waals surface area contributed by atoms with Gasteiger partial charge in [-0.15, -0.1) is 0 Å². The van der Waals surface area contributed by atoms with Crippen molar-refractivity contribution in [2.75, 3.05) is 32.7 Å². The molecular formula is C14H30N2. The minimum atomic E-state index is 0.815. The summed E-state index contributed by atoms with van der Waals surface area (Å²) in [6.45, 7) is 15.5. The van der Waals surface area contributed by atoms with Gasteiger partial charge in [-0.2, -0.15) is 0 Å². The highest BCUT2D eigenvalue weighted by atomic mass is 15.1. The zero-order valence-electron chi connectivity index (χ0n) is 11.6. The van der Waals surface area contributed by atoms with Gasteiger partial charge in [0.1, 0.15) is 0 Å². The molecule has 1 atom stereocenters. The van der Waals surface area contributed by atoms with Gasteiger partial charge in [0.15, 0.2) is 0 Å². The summed E-state index contributed by atoms with van der Waals surface area (Å²) in [4.78, 5) is 2.64. The van der Waals surface area contributed by atoms with Crippen LogP contribution in [0.3, 0.4) is 0 Å². The molecule has 0 unspecified atom stereocenters. The van der Waals surface area contributed by atoms with E-state index in [0.29, 0.717) is 0 Å². The van der Waals surface area contributed by atoms with Crippen LogP contribution in [-0.4, -0.2) is 37.6 Å². The Morgan fingerprint density at radius 1 is 1.19 bits per heavy atom. The van der Waals surface area contributed by atoms with Crippen LogP contribution >= 0.6 is 0 Å². The monoisotopic (exact) mass is 226 g/mol. The standard InChI is InChI=1S/C14H30N2/c1-5-15-10-13(4)14-6-8-16(9-7-14)11-12(2)3/h12-15H,5-11H2,1-4H3/t13-/m0/s1. The Kier molecular flexibility index (Phi) is 6.37. The second-order valence-electron chi connectivity index (χ2n) is 5.82. The molecule has 0 amide bonds. The van der Waals surface area contributed by atoms with Gasteiger partial charge in [0.05, 0.1) is 0 Å². The summed E-state index contributed by atoms with van der Waals surface area (Å²) in [5.41, 5.74) is 0. The van der Waals surface area contributed by atoms with E-state index in [1.54, 1.807) is 0 Å². The fourth-order valence-corrected chi connectivity index (χ4v) is 2.76. The highest BCUT2D eigenvalue weighted by Gasteiger charge is 2.23. The number of piperidine rings is 1. The van der Waals surface area contributed by atoms with Gasteiger partial charge in [-0.05, 0) is 56.8 Å². The topological polar surface area (TPSA) is 15.3 Å². The van der Waals surface area contributed by atoms with E-state index >= 15 is 0 Å². The van der Waals surface area contributed by atoms with Crippen LogP contribution in [0, 0.1) is 17.8 Å². The van der Waals surface area contributed by atoms with E-state index in [1.807, 2.05) is 0 Å². The molecule has 0 spiro atoms. The molecule has 1 fully saturated rings. The lowest BCUT2D eigenvalue weighted by Gasteiger charge is -2.35. The van der Waals surface area contributed by atoms with Crippen LogP contribution in [0.15, 0.2) is 0 Å². The summed E-state index contributed by atoms with van der Waals surface area (Å²) in [7, 11) is 0. The number of hydrogen-bond acceptors (Lipinski definition) is 2. The van der Waals surface area contributed by atoms with Crippen molar-refractivity contribution in [1.29, 1.82) is 0 Å². The van der Waals surface area contributed by atoms with Crippen LogP contribution in [0.4, 0.5) is 0 Å². The molecule has 1 aliphatic rings. The van der Waals surface area contributed by atoms with E-state index in [4.69, 9.17) is 0 Å². The molecule has 0 aromatic heterocycles. The molecular weight excluding hydrogens is 196 g/mol. The first kappa shape index (κ1) is 14.0. The summed E-state index contributed by atoms with van der Waals surface area (Å²) >= 11 is 0. The Balaban J connectivity index is 2.20. The SMILES string of the molecule is CCNC[C@H](C)C1CCN(CC(C)C)CC1. The molecule has 0 saturated carbocycles. The lowest BCUT2D eigenvalue weighted by atomic mass is 9.85. The van der Waals surface area contributed by atoms with Crippen LogP contribution in [0.25, 0.3) is 0 Å². The van der Waals surface area contributed by atoms with E-state index in [-0.39, 0.29) is 0 Å². The van der Waals surface area contributed by atoms with Gasteiger partial charge in [0, 0.05) is 6.54 Å². The highest BCUT2D eigenvalue weighted by molar-refractivity contribution is 4.77. The Labute approximate surface area is 102 Å². The van der Waals surface area contributed by atoms with Crippen molar-refractivity contribution in [2.24, 2.45) is 17.8 Å². The molecule has 2 heteroatoms. The Hall–Kier alpha value is -0.0800. The van der Waals surface area contributed by atoms with E-state index in [0.717, 1.165) is 24.3 Å². The summed E-state index contributed by atoms with van der Waals surface area (Å²) in [6, 6.07) is 0. The van der Waals surface area contributed by atoms with Gasteiger partial charge >= 0.3 is 0 Å². The largest absolute Gasteiger partial charge is 0.317 e. The van der Waals surface area contributed by atoms with Gasteiger partial charge in [0.25, 0.3) is 0 Å². The molecule has 1 saturated heterocycles. The number of rotatable bonds is 6. The van der Waals surface area contributed by atoms with Gasteiger partial charge in [-0.3, -0.25) is 0 Å². The van der Waals surface area contributed by atoms with Crippen LogP contribution in [0.5, 0.6) is 0 Å². The lowest BCUT2D eigenvalue weighted by molar-refractivity contribution is 0.140. The zero-order valence-corrected chi connectivity index (χ0v) is 11.6. The predicted octanol–water partition coefficient (Wildman–Crippen LogP) is 2.60. The van der Waals surface area contributed by atoms with Gasteiger partial charge < -0.3 is 10.2 Å².